The lowest BCUT2D eigenvalue weighted by atomic mass is 10.2. The topological polar surface area (TPSA) is 55.6 Å². The first-order valence-electron chi connectivity index (χ1n) is 7.53. The molecule has 0 aliphatic rings. The van der Waals surface area contributed by atoms with Crippen LogP contribution in [0.1, 0.15) is 5.56 Å². The van der Waals surface area contributed by atoms with Gasteiger partial charge in [0, 0.05) is 35.2 Å². The zero-order chi connectivity index (χ0) is 16.4. The van der Waals surface area contributed by atoms with E-state index in [0.29, 0.717) is 6.54 Å². The molecule has 0 saturated heterocycles. The van der Waals surface area contributed by atoms with Gasteiger partial charge in [-0.05, 0) is 40.2 Å². The van der Waals surface area contributed by atoms with E-state index in [0.717, 1.165) is 32.4 Å². The first-order valence-corrected chi connectivity index (χ1v) is 8.32. The highest BCUT2D eigenvalue weighted by atomic mass is 79.9. The zero-order valence-corrected chi connectivity index (χ0v) is 14.3. The van der Waals surface area contributed by atoms with Gasteiger partial charge in [-0.1, -0.05) is 18.2 Å². The summed E-state index contributed by atoms with van der Waals surface area (Å²) in [6.45, 7) is 0.670. The molecule has 0 atom stereocenters. The van der Waals surface area contributed by atoms with Gasteiger partial charge in [-0.15, -0.1) is 0 Å². The molecule has 3 aromatic heterocycles. The number of pyridine rings is 2. The molecule has 0 unspecified atom stereocenters. The summed E-state index contributed by atoms with van der Waals surface area (Å²) >= 11 is 3.42. The second kappa shape index (κ2) is 6.41. The van der Waals surface area contributed by atoms with Gasteiger partial charge in [0.05, 0.1) is 23.1 Å². The Kier molecular flexibility index (Phi) is 3.96. The van der Waals surface area contributed by atoms with Crippen molar-refractivity contribution in [3.63, 3.8) is 0 Å². The van der Waals surface area contributed by atoms with Gasteiger partial charge >= 0.3 is 0 Å². The largest absolute Gasteiger partial charge is 0.379 e. The van der Waals surface area contributed by atoms with E-state index in [1.54, 1.807) is 12.4 Å². The molecule has 0 aliphatic heterocycles. The minimum atomic E-state index is 0.670. The fourth-order valence-electron chi connectivity index (χ4n) is 2.52. The lowest BCUT2D eigenvalue weighted by molar-refractivity contribution is 0.880. The lowest BCUT2D eigenvalue weighted by Gasteiger charge is -2.07. The molecule has 0 bridgehead atoms. The van der Waals surface area contributed by atoms with Crippen LogP contribution in [0.15, 0.2) is 71.7 Å². The van der Waals surface area contributed by atoms with Crippen LogP contribution in [-0.4, -0.2) is 19.7 Å². The molecule has 0 spiro atoms. The summed E-state index contributed by atoms with van der Waals surface area (Å²) in [5.41, 5.74) is 4.82. The molecule has 0 fully saturated rings. The van der Waals surface area contributed by atoms with E-state index in [-0.39, 0.29) is 0 Å². The highest BCUT2D eigenvalue weighted by Crippen LogP contribution is 2.22. The molecule has 1 N–H and O–H groups in total. The van der Waals surface area contributed by atoms with Crippen molar-refractivity contribution in [3.05, 3.63) is 77.3 Å². The maximum Gasteiger partial charge on any atom is 0.112 e. The second-order valence-electron chi connectivity index (χ2n) is 5.36. The third-order valence-electron chi connectivity index (χ3n) is 3.68. The Labute approximate surface area is 147 Å². The molecule has 5 nitrogen and oxygen atoms in total. The van der Waals surface area contributed by atoms with Crippen molar-refractivity contribution in [1.82, 2.24) is 19.7 Å². The quantitative estimate of drug-likeness (QED) is 0.577. The average Bonchev–Trinajstić information content (AvgIpc) is 3.09. The van der Waals surface area contributed by atoms with Gasteiger partial charge < -0.3 is 5.32 Å². The first-order chi connectivity index (χ1) is 11.8. The number of rotatable bonds is 4. The van der Waals surface area contributed by atoms with E-state index in [9.17, 15) is 0 Å². The normalized spacial score (nSPS) is 10.9. The Morgan fingerprint density at radius 1 is 1.04 bits per heavy atom. The number of halogens is 1. The molecular weight excluding hydrogens is 366 g/mol. The monoisotopic (exact) mass is 379 g/mol. The summed E-state index contributed by atoms with van der Waals surface area (Å²) in [6.07, 6.45) is 7.46. The van der Waals surface area contributed by atoms with Crippen LogP contribution in [0.2, 0.25) is 0 Å². The molecule has 0 saturated carbocycles. The van der Waals surface area contributed by atoms with Gasteiger partial charge in [0.15, 0.2) is 0 Å². The highest BCUT2D eigenvalue weighted by Gasteiger charge is 2.05. The molecule has 0 amide bonds. The fraction of sp³-hybridized carbons (Fsp3) is 0.0556. The number of fused-ring (bicyclic) bond motifs is 1. The van der Waals surface area contributed by atoms with E-state index in [2.05, 4.69) is 36.3 Å². The van der Waals surface area contributed by atoms with Gasteiger partial charge in [0.1, 0.15) is 5.52 Å². The number of nitrogens with zero attached hydrogens (tertiary/aromatic N) is 4. The van der Waals surface area contributed by atoms with E-state index >= 15 is 0 Å². The van der Waals surface area contributed by atoms with Gasteiger partial charge in [0.2, 0.25) is 0 Å². The molecule has 6 heteroatoms. The van der Waals surface area contributed by atoms with Crippen molar-refractivity contribution >= 4 is 32.7 Å². The van der Waals surface area contributed by atoms with Crippen LogP contribution in [0.4, 0.5) is 5.69 Å². The Hall–Kier alpha value is -2.73. The number of anilines is 1. The predicted molar refractivity (Wildman–Crippen MR) is 98.1 cm³/mol. The first kappa shape index (κ1) is 14.8. The van der Waals surface area contributed by atoms with Crippen molar-refractivity contribution < 1.29 is 0 Å². The third-order valence-corrected chi connectivity index (χ3v) is 4.12. The lowest BCUT2D eigenvalue weighted by Crippen LogP contribution is -2.00. The van der Waals surface area contributed by atoms with Gasteiger partial charge in [-0.25, -0.2) is 4.68 Å². The number of hydrogen-bond acceptors (Lipinski definition) is 4. The molecule has 0 radical (unpaired) electrons. The molecule has 3 heterocycles. The summed E-state index contributed by atoms with van der Waals surface area (Å²) in [7, 11) is 0. The Morgan fingerprint density at radius 2 is 1.92 bits per heavy atom. The summed E-state index contributed by atoms with van der Waals surface area (Å²) in [6, 6.07) is 14.0. The van der Waals surface area contributed by atoms with Crippen LogP contribution in [0.25, 0.3) is 16.7 Å². The van der Waals surface area contributed by atoms with Crippen molar-refractivity contribution in [2.75, 3.05) is 5.32 Å². The van der Waals surface area contributed by atoms with E-state index in [1.807, 2.05) is 59.5 Å². The van der Waals surface area contributed by atoms with Crippen molar-refractivity contribution in [1.29, 1.82) is 0 Å². The molecular formula is C18H14BrN5. The number of benzene rings is 1. The standard InChI is InChI=1S/C18H14BrN5/c19-14-8-17-18(22-11-14)16(6-7-20-17)21-9-13-10-23-24(12-13)15-4-2-1-3-5-15/h1-8,10-12H,9H2,(H,20,21). The SMILES string of the molecule is Brc1cnc2c(NCc3cnn(-c4ccccc4)c3)ccnc2c1. The van der Waals surface area contributed by atoms with Crippen molar-refractivity contribution in [2.45, 2.75) is 6.54 Å². The number of para-hydroxylation sites is 1. The second-order valence-corrected chi connectivity index (χ2v) is 6.28. The molecule has 1 aromatic carbocycles. The van der Waals surface area contributed by atoms with Gasteiger partial charge in [-0.3, -0.25) is 9.97 Å². The average molecular weight is 380 g/mol. The summed E-state index contributed by atoms with van der Waals surface area (Å²) in [4.78, 5) is 8.81. The summed E-state index contributed by atoms with van der Waals surface area (Å²) in [5, 5.41) is 7.83. The number of nitrogens with one attached hydrogen (secondary N) is 1. The minimum absolute atomic E-state index is 0.670. The summed E-state index contributed by atoms with van der Waals surface area (Å²) < 4.78 is 2.79. The maximum absolute atomic E-state index is 4.45. The van der Waals surface area contributed by atoms with Crippen LogP contribution in [0, 0.1) is 0 Å². The van der Waals surface area contributed by atoms with Gasteiger partial charge in [-0.2, -0.15) is 5.10 Å². The van der Waals surface area contributed by atoms with E-state index in [4.69, 9.17) is 0 Å². The number of hydrogen-bond donors (Lipinski definition) is 1. The Bertz CT molecular complexity index is 981. The van der Waals surface area contributed by atoms with E-state index < -0.39 is 0 Å². The molecule has 24 heavy (non-hydrogen) atoms. The van der Waals surface area contributed by atoms with Crippen LogP contribution < -0.4 is 5.32 Å². The molecule has 118 valence electrons. The molecule has 0 aliphatic carbocycles. The Morgan fingerprint density at radius 3 is 2.79 bits per heavy atom. The predicted octanol–water partition coefficient (Wildman–Crippen LogP) is 4.19. The van der Waals surface area contributed by atoms with Crippen LogP contribution in [-0.2, 0) is 6.54 Å². The van der Waals surface area contributed by atoms with Crippen LogP contribution >= 0.6 is 15.9 Å². The third kappa shape index (κ3) is 3.00. The molecule has 4 rings (SSSR count). The molecule has 4 aromatic rings. The van der Waals surface area contributed by atoms with E-state index in [1.165, 1.54) is 0 Å². The van der Waals surface area contributed by atoms with Crippen LogP contribution in [0.3, 0.4) is 0 Å². The number of aromatic nitrogens is 4. The van der Waals surface area contributed by atoms with Crippen molar-refractivity contribution in [2.24, 2.45) is 0 Å². The van der Waals surface area contributed by atoms with Crippen LogP contribution in [0.5, 0.6) is 0 Å². The Balaban J connectivity index is 1.55. The van der Waals surface area contributed by atoms with Gasteiger partial charge in [0.25, 0.3) is 0 Å². The smallest absolute Gasteiger partial charge is 0.112 e. The summed E-state index contributed by atoms with van der Waals surface area (Å²) in [5.74, 6) is 0. The minimum Gasteiger partial charge on any atom is -0.379 e. The maximum atomic E-state index is 4.45. The van der Waals surface area contributed by atoms with Crippen molar-refractivity contribution in [3.8, 4) is 5.69 Å². The zero-order valence-electron chi connectivity index (χ0n) is 12.7. The fourth-order valence-corrected chi connectivity index (χ4v) is 2.84. The highest BCUT2D eigenvalue weighted by molar-refractivity contribution is 9.10.